The van der Waals surface area contributed by atoms with Gasteiger partial charge in [-0.15, -0.1) is 0 Å². The maximum Gasteiger partial charge on any atom is 0.226 e. The van der Waals surface area contributed by atoms with Crippen molar-refractivity contribution < 1.29 is 9.18 Å². The Bertz CT molecular complexity index is 126. The molecule has 1 amide bonds. The minimum atomic E-state index is -0.864. The van der Waals surface area contributed by atoms with Gasteiger partial charge in [-0.1, -0.05) is 0 Å². The Labute approximate surface area is 53.4 Å². The quantitative estimate of drug-likeness (QED) is 0.580. The van der Waals surface area contributed by atoms with E-state index >= 15 is 0 Å². The van der Waals surface area contributed by atoms with Gasteiger partial charge >= 0.3 is 0 Å². The van der Waals surface area contributed by atoms with E-state index in [-0.39, 0.29) is 11.8 Å². The van der Waals surface area contributed by atoms with Crippen LogP contribution in [-0.2, 0) is 4.79 Å². The number of nitrogens with one attached hydrogen (secondary N) is 1. The van der Waals surface area contributed by atoms with Gasteiger partial charge in [0.2, 0.25) is 5.91 Å². The molecule has 0 heterocycles. The van der Waals surface area contributed by atoms with E-state index in [9.17, 15) is 9.18 Å². The number of rotatable bonds is 2. The third-order valence-corrected chi connectivity index (χ3v) is 1.40. The monoisotopic (exact) mass is 131 g/mol. The molecule has 1 fully saturated rings. The molecular weight excluding hydrogens is 121 g/mol. The molecule has 1 saturated carbocycles. The lowest BCUT2D eigenvalue weighted by Gasteiger charge is -1.96. The highest BCUT2D eigenvalue weighted by molar-refractivity contribution is 5.81. The molecule has 0 aromatic rings. The number of carbonyl (C=O) groups is 1. The highest BCUT2D eigenvalue weighted by Crippen LogP contribution is 2.33. The molecule has 0 saturated heterocycles. The predicted octanol–water partition coefficient (Wildman–Crippen LogP) is 0.480. The van der Waals surface area contributed by atoms with Crippen LogP contribution in [0, 0.1) is 5.92 Å². The lowest BCUT2D eigenvalue weighted by molar-refractivity contribution is -0.122. The van der Waals surface area contributed by atoms with Gasteiger partial charge in [-0.05, 0) is 13.3 Å². The van der Waals surface area contributed by atoms with Crippen molar-refractivity contribution in [2.24, 2.45) is 5.92 Å². The van der Waals surface area contributed by atoms with E-state index in [1.165, 1.54) is 0 Å². The molecule has 1 N–H and O–H groups in total. The van der Waals surface area contributed by atoms with Gasteiger partial charge in [-0.2, -0.15) is 0 Å². The summed E-state index contributed by atoms with van der Waals surface area (Å²) in [6, 6.07) is 0. The smallest absolute Gasteiger partial charge is 0.226 e. The molecule has 2 nitrogen and oxygen atoms in total. The Morgan fingerprint density at radius 2 is 2.44 bits per heavy atom. The molecule has 1 aliphatic rings. The van der Waals surface area contributed by atoms with Crippen molar-refractivity contribution in [3.63, 3.8) is 0 Å². The molecule has 1 aliphatic carbocycles. The second-order valence-electron chi connectivity index (χ2n) is 2.25. The molecule has 1 rings (SSSR count). The lowest BCUT2D eigenvalue weighted by atomic mass is 10.4. The van der Waals surface area contributed by atoms with Crippen LogP contribution in [0.5, 0.6) is 0 Å². The zero-order chi connectivity index (χ0) is 6.85. The molecule has 2 atom stereocenters. The SMILES string of the molecule is CCNC(=O)[C@@H]1C[C@H]1F. The van der Waals surface area contributed by atoms with Crippen molar-refractivity contribution >= 4 is 5.91 Å². The van der Waals surface area contributed by atoms with E-state index in [0.717, 1.165) is 0 Å². The largest absolute Gasteiger partial charge is 0.356 e. The fraction of sp³-hybridized carbons (Fsp3) is 0.833. The van der Waals surface area contributed by atoms with Crippen molar-refractivity contribution in [2.75, 3.05) is 6.54 Å². The third kappa shape index (κ3) is 1.40. The Balaban J connectivity index is 2.20. The van der Waals surface area contributed by atoms with Crippen molar-refractivity contribution in [3.05, 3.63) is 0 Å². The first-order valence-corrected chi connectivity index (χ1v) is 3.17. The number of carbonyl (C=O) groups excluding carboxylic acids is 1. The van der Waals surface area contributed by atoms with Crippen LogP contribution in [0.4, 0.5) is 4.39 Å². The summed E-state index contributed by atoms with van der Waals surface area (Å²) in [7, 11) is 0. The summed E-state index contributed by atoms with van der Waals surface area (Å²) in [5.41, 5.74) is 0. The minimum Gasteiger partial charge on any atom is -0.356 e. The first kappa shape index (κ1) is 6.52. The van der Waals surface area contributed by atoms with Crippen molar-refractivity contribution in [3.8, 4) is 0 Å². The van der Waals surface area contributed by atoms with Crippen LogP contribution < -0.4 is 5.32 Å². The molecule has 0 aromatic carbocycles. The van der Waals surface area contributed by atoms with Gasteiger partial charge in [-0.25, -0.2) is 4.39 Å². The fourth-order valence-electron chi connectivity index (χ4n) is 0.741. The fourth-order valence-corrected chi connectivity index (χ4v) is 0.741. The maximum absolute atomic E-state index is 12.1. The second-order valence-corrected chi connectivity index (χ2v) is 2.25. The predicted molar refractivity (Wildman–Crippen MR) is 31.7 cm³/mol. The number of halogens is 1. The van der Waals surface area contributed by atoms with Crippen LogP contribution in [-0.4, -0.2) is 18.6 Å². The number of hydrogen-bond donors (Lipinski definition) is 1. The first-order valence-electron chi connectivity index (χ1n) is 3.17. The zero-order valence-corrected chi connectivity index (χ0v) is 5.36. The number of amides is 1. The maximum atomic E-state index is 12.1. The van der Waals surface area contributed by atoms with Gasteiger partial charge in [0.05, 0.1) is 5.92 Å². The van der Waals surface area contributed by atoms with Crippen molar-refractivity contribution in [2.45, 2.75) is 19.5 Å². The van der Waals surface area contributed by atoms with E-state index in [0.29, 0.717) is 13.0 Å². The van der Waals surface area contributed by atoms with Crippen LogP contribution >= 0.6 is 0 Å². The Morgan fingerprint density at radius 1 is 1.89 bits per heavy atom. The van der Waals surface area contributed by atoms with E-state index in [1.54, 1.807) is 0 Å². The number of hydrogen-bond acceptors (Lipinski definition) is 1. The van der Waals surface area contributed by atoms with Gasteiger partial charge in [-0.3, -0.25) is 4.79 Å². The molecule has 0 spiro atoms. The lowest BCUT2D eigenvalue weighted by Crippen LogP contribution is -2.24. The Morgan fingerprint density at radius 3 is 2.78 bits per heavy atom. The summed E-state index contributed by atoms with van der Waals surface area (Å²) >= 11 is 0. The third-order valence-electron chi connectivity index (χ3n) is 1.40. The van der Waals surface area contributed by atoms with Gasteiger partial charge < -0.3 is 5.32 Å². The molecule has 0 radical (unpaired) electrons. The standard InChI is InChI=1S/C6H10FNO/c1-2-8-6(9)4-3-5(4)7/h4-5H,2-3H2,1H3,(H,8,9)/t4-,5-/m1/s1. The van der Waals surface area contributed by atoms with Gasteiger partial charge in [0.15, 0.2) is 0 Å². The van der Waals surface area contributed by atoms with Crippen LogP contribution in [0.1, 0.15) is 13.3 Å². The summed E-state index contributed by atoms with van der Waals surface area (Å²) in [6.07, 6.45) is -0.442. The van der Waals surface area contributed by atoms with Crippen molar-refractivity contribution in [1.82, 2.24) is 5.32 Å². The first-order chi connectivity index (χ1) is 4.25. The molecule has 9 heavy (non-hydrogen) atoms. The van der Waals surface area contributed by atoms with E-state index < -0.39 is 6.17 Å². The zero-order valence-electron chi connectivity index (χ0n) is 5.36. The van der Waals surface area contributed by atoms with Gasteiger partial charge in [0, 0.05) is 6.54 Å². The van der Waals surface area contributed by atoms with E-state index in [1.807, 2.05) is 6.92 Å². The molecule has 52 valence electrons. The highest BCUT2D eigenvalue weighted by atomic mass is 19.1. The topological polar surface area (TPSA) is 29.1 Å². The van der Waals surface area contributed by atoms with Crippen LogP contribution in [0.25, 0.3) is 0 Å². The molecule has 0 bridgehead atoms. The van der Waals surface area contributed by atoms with E-state index in [2.05, 4.69) is 5.32 Å². The summed E-state index contributed by atoms with van der Waals surface area (Å²) in [4.78, 5) is 10.7. The summed E-state index contributed by atoms with van der Waals surface area (Å²) in [6.45, 7) is 2.43. The molecule has 0 unspecified atom stereocenters. The van der Waals surface area contributed by atoms with Gasteiger partial charge in [0.1, 0.15) is 6.17 Å². The Hall–Kier alpha value is -0.600. The molecule has 3 heteroatoms. The number of alkyl halides is 1. The Kier molecular flexibility index (Phi) is 1.69. The second kappa shape index (κ2) is 2.33. The van der Waals surface area contributed by atoms with E-state index in [4.69, 9.17) is 0 Å². The highest BCUT2D eigenvalue weighted by Gasteiger charge is 2.43. The molecule has 0 aliphatic heterocycles. The molecule has 0 aromatic heterocycles. The summed E-state index contributed by atoms with van der Waals surface area (Å²) in [5, 5.41) is 2.56. The average Bonchev–Trinajstić information content (AvgIpc) is 2.47. The average molecular weight is 131 g/mol. The van der Waals surface area contributed by atoms with Crippen molar-refractivity contribution in [1.29, 1.82) is 0 Å². The molecular formula is C6H10FNO. The van der Waals surface area contributed by atoms with Crippen LogP contribution in [0.2, 0.25) is 0 Å². The van der Waals surface area contributed by atoms with Crippen LogP contribution in [0.15, 0.2) is 0 Å². The van der Waals surface area contributed by atoms with Crippen LogP contribution in [0.3, 0.4) is 0 Å². The van der Waals surface area contributed by atoms with Gasteiger partial charge in [0.25, 0.3) is 0 Å². The minimum absolute atomic E-state index is 0.134. The summed E-state index contributed by atoms with van der Waals surface area (Å²) < 4.78 is 12.1. The normalized spacial score (nSPS) is 31.8. The summed E-state index contributed by atoms with van der Waals surface area (Å²) in [5.74, 6) is -0.463.